The molecule has 0 aliphatic carbocycles. The highest BCUT2D eigenvalue weighted by atomic mass is 16.4. The van der Waals surface area contributed by atoms with E-state index in [9.17, 15) is 9.59 Å². The molecule has 6 N–H and O–H groups in total. The molecule has 0 saturated carbocycles. The summed E-state index contributed by atoms with van der Waals surface area (Å²) in [6.45, 7) is 0.145. The summed E-state index contributed by atoms with van der Waals surface area (Å²) in [5.74, 6) is -1.38. The van der Waals surface area contributed by atoms with Crippen molar-refractivity contribution < 1.29 is 14.7 Å². The van der Waals surface area contributed by atoms with Gasteiger partial charge in [-0.25, -0.2) is 0 Å². The molecule has 0 aliphatic rings. The molecule has 0 unspecified atom stereocenters. The maximum Gasteiger partial charge on any atom is 0.320 e. The van der Waals surface area contributed by atoms with Gasteiger partial charge in [0.05, 0.1) is 6.54 Å². The number of carboxylic acids is 1. The first-order valence-electron chi connectivity index (χ1n) is 3.53. The topological polar surface area (TPSA) is 118 Å². The Morgan fingerprint density at radius 2 is 2.08 bits per heavy atom. The number of nitrogens with two attached hydrogens (primary N) is 2. The lowest BCUT2D eigenvalue weighted by atomic mass is 10.2. The number of carbonyl (C=O) groups is 2. The zero-order valence-electron chi connectivity index (χ0n) is 6.62. The maximum atomic E-state index is 10.5. The molecule has 0 saturated heterocycles. The van der Waals surface area contributed by atoms with Crippen LogP contribution in [0.25, 0.3) is 0 Å². The minimum atomic E-state index is -1.07. The fraction of sp³-hybridized carbons (Fsp3) is 0.667. The summed E-state index contributed by atoms with van der Waals surface area (Å²) in [7, 11) is 0. The minimum Gasteiger partial charge on any atom is -0.480 e. The SMILES string of the molecule is NCC(=O)NCC[C@H](N)C(=O)O. The molecule has 6 heteroatoms. The lowest BCUT2D eigenvalue weighted by molar-refractivity contribution is -0.138. The molecule has 0 heterocycles. The molecule has 0 fully saturated rings. The molecule has 0 spiro atoms. The van der Waals surface area contributed by atoms with Crippen LogP contribution < -0.4 is 16.8 Å². The van der Waals surface area contributed by atoms with Crippen molar-refractivity contribution in [2.45, 2.75) is 12.5 Å². The smallest absolute Gasteiger partial charge is 0.320 e. The van der Waals surface area contributed by atoms with Crippen molar-refractivity contribution in [2.24, 2.45) is 11.5 Å². The van der Waals surface area contributed by atoms with Crippen molar-refractivity contribution >= 4 is 11.9 Å². The zero-order valence-corrected chi connectivity index (χ0v) is 6.62. The van der Waals surface area contributed by atoms with E-state index in [0.29, 0.717) is 0 Å². The normalized spacial score (nSPS) is 12.2. The van der Waals surface area contributed by atoms with Gasteiger partial charge in [-0.15, -0.1) is 0 Å². The van der Waals surface area contributed by atoms with Gasteiger partial charge < -0.3 is 21.9 Å². The molecule has 0 radical (unpaired) electrons. The number of carboxylic acid groups (broad SMARTS) is 1. The van der Waals surface area contributed by atoms with Gasteiger partial charge >= 0.3 is 5.97 Å². The van der Waals surface area contributed by atoms with Crippen LogP contribution >= 0.6 is 0 Å². The highest BCUT2D eigenvalue weighted by Crippen LogP contribution is 1.85. The fourth-order valence-electron chi connectivity index (χ4n) is 0.563. The van der Waals surface area contributed by atoms with Gasteiger partial charge in [0, 0.05) is 6.54 Å². The number of hydrogen-bond donors (Lipinski definition) is 4. The van der Waals surface area contributed by atoms with Gasteiger partial charge in [-0.2, -0.15) is 0 Å². The van der Waals surface area contributed by atoms with Gasteiger partial charge in [-0.05, 0) is 6.42 Å². The molecule has 6 nitrogen and oxygen atoms in total. The second-order valence-corrected chi connectivity index (χ2v) is 2.29. The van der Waals surface area contributed by atoms with Gasteiger partial charge in [0.2, 0.25) is 5.91 Å². The summed E-state index contributed by atoms with van der Waals surface area (Å²) in [6.07, 6.45) is 0.209. The third kappa shape index (κ3) is 4.64. The van der Waals surface area contributed by atoms with Crippen LogP contribution in [0.3, 0.4) is 0 Å². The van der Waals surface area contributed by atoms with Crippen molar-refractivity contribution in [1.29, 1.82) is 0 Å². The molecular formula is C6H13N3O3. The Labute approximate surface area is 69.9 Å². The molecule has 0 bridgehead atoms. The van der Waals surface area contributed by atoms with Crippen molar-refractivity contribution in [3.63, 3.8) is 0 Å². The van der Waals surface area contributed by atoms with Crippen LogP contribution in [0.15, 0.2) is 0 Å². The van der Waals surface area contributed by atoms with Gasteiger partial charge in [0.25, 0.3) is 0 Å². The molecule has 1 atom stereocenters. The van der Waals surface area contributed by atoms with E-state index < -0.39 is 12.0 Å². The summed E-state index contributed by atoms with van der Waals surface area (Å²) in [6, 6.07) is -0.928. The van der Waals surface area contributed by atoms with Crippen LogP contribution in [0.5, 0.6) is 0 Å². The van der Waals surface area contributed by atoms with E-state index in [1.807, 2.05) is 0 Å². The van der Waals surface area contributed by atoms with E-state index >= 15 is 0 Å². The average Bonchev–Trinajstić information content (AvgIpc) is 2.03. The van der Waals surface area contributed by atoms with Crippen molar-refractivity contribution in [1.82, 2.24) is 5.32 Å². The molecule has 0 aromatic heterocycles. The predicted molar refractivity (Wildman–Crippen MR) is 42.3 cm³/mol. The van der Waals surface area contributed by atoms with Crippen LogP contribution in [0.4, 0.5) is 0 Å². The second-order valence-electron chi connectivity index (χ2n) is 2.29. The molecule has 70 valence electrons. The van der Waals surface area contributed by atoms with Crippen LogP contribution in [0.1, 0.15) is 6.42 Å². The first-order valence-corrected chi connectivity index (χ1v) is 3.53. The summed E-state index contributed by atoms with van der Waals surface area (Å²) < 4.78 is 0. The number of rotatable bonds is 5. The third-order valence-corrected chi connectivity index (χ3v) is 1.28. The quantitative estimate of drug-likeness (QED) is 0.380. The lowest BCUT2D eigenvalue weighted by Gasteiger charge is -2.06. The van der Waals surface area contributed by atoms with Crippen molar-refractivity contribution in [2.75, 3.05) is 13.1 Å². The van der Waals surface area contributed by atoms with E-state index in [1.165, 1.54) is 0 Å². The largest absolute Gasteiger partial charge is 0.480 e. The first-order chi connectivity index (χ1) is 5.57. The summed E-state index contributed by atoms with van der Waals surface area (Å²) >= 11 is 0. The number of hydrogen-bond acceptors (Lipinski definition) is 4. The summed E-state index contributed by atoms with van der Waals surface area (Å²) in [5, 5.41) is 10.8. The van der Waals surface area contributed by atoms with E-state index in [4.69, 9.17) is 16.6 Å². The Bertz CT molecular complexity index is 171. The number of nitrogens with one attached hydrogen (secondary N) is 1. The molecule has 0 aromatic carbocycles. The Morgan fingerprint density at radius 3 is 2.50 bits per heavy atom. The van der Waals surface area contributed by atoms with Gasteiger partial charge in [0.15, 0.2) is 0 Å². The van der Waals surface area contributed by atoms with E-state index in [-0.39, 0.29) is 25.4 Å². The molecule has 0 aromatic rings. The molecule has 1 amide bonds. The van der Waals surface area contributed by atoms with Gasteiger partial charge in [-0.1, -0.05) is 0 Å². The van der Waals surface area contributed by atoms with Gasteiger partial charge in [0.1, 0.15) is 6.04 Å². The first kappa shape index (κ1) is 10.9. The number of aliphatic carboxylic acids is 1. The fourth-order valence-corrected chi connectivity index (χ4v) is 0.563. The van der Waals surface area contributed by atoms with E-state index in [2.05, 4.69) is 5.32 Å². The van der Waals surface area contributed by atoms with Crippen LogP contribution in [-0.4, -0.2) is 36.1 Å². The average molecular weight is 175 g/mol. The Hall–Kier alpha value is -1.14. The third-order valence-electron chi connectivity index (χ3n) is 1.28. The monoisotopic (exact) mass is 175 g/mol. The van der Waals surface area contributed by atoms with Gasteiger partial charge in [-0.3, -0.25) is 9.59 Å². The highest BCUT2D eigenvalue weighted by Gasteiger charge is 2.10. The number of amides is 1. The minimum absolute atomic E-state index is 0.0949. The molecule has 0 aliphatic heterocycles. The van der Waals surface area contributed by atoms with E-state index in [0.717, 1.165) is 0 Å². The van der Waals surface area contributed by atoms with Crippen molar-refractivity contribution in [3.05, 3.63) is 0 Å². The standard InChI is InChI=1S/C6H13N3O3/c7-3-5(10)9-2-1-4(8)6(11)12/h4H,1-3,7-8H2,(H,9,10)(H,11,12)/t4-/m0/s1. The van der Waals surface area contributed by atoms with Crippen molar-refractivity contribution in [3.8, 4) is 0 Å². The predicted octanol–water partition coefficient (Wildman–Crippen LogP) is -2.14. The summed E-state index contributed by atoms with van der Waals surface area (Å²) in [4.78, 5) is 20.7. The highest BCUT2D eigenvalue weighted by molar-refractivity contribution is 5.78. The Kier molecular flexibility index (Phi) is 4.98. The molecule has 12 heavy (non-hydrogen) atoms. The Morgan fingerprint density at radius 1 is 1.50 bits per heavy atom. The molecular weight excluding hydrogens is 162 g/mol. The lowest BCUT2D eigenvalue weighted by Crippen LogP contribution is -2.37. The van der Waals surface area contributed by atoms with Crippen LogP contribution in [-0.2, 0) is 9.59 Å². The van der Waals surface area contributed by atoms with Crippen LogP contribution in [0, 0.1) is 0 Å². The maximum absolute atomic E-state index is 10.5. The molecule has 0 rings (SSSR count). The zero-order chi connectivity index (χ0) is 9.56. The Balaban J connectivity index is 3.43. The van der Waals surface area contributed by atoms with E-state index in [1.54, 1.807) is 0 Å². The second kappa shape index (κ2) is 5.50. The van der Waals surface area contributed by atoms with Crippen LogP contribution in [0.2, 0.25) is 0 Å². The summed E-state index contributed by atoms with van der Waals surface area (Å²) in [5.41, 5.74) is 10.2. The number of carbonyl (C=O) groups excluding carboxylic acids is 1.